The van der Waals surface area contributed by atoms with Crippen molar-refractivity contribution in [2.24, 2.45) is 5.92 Å². The van der Waals surface area contributed by atoms with Gasteiger partial charge in [0, 0.05) is 17.6 Å². The monoisotopic (exact) mass is 259 g/mol. The maximum absolute atomic E-state index is 10.1. The van der Waals surface area contributed by atoms with E-state index >= 15 is 0 Å². The molecule has 0 spiro atoms. The van der Waals surface area contributed by atoms with Crippen LogP contribution in [0, 0.1) is 5.92 Å². The number of phenolic OH excluding ortho intramolecular Hbond substituents is 1. The van der Waals surface area contributed by atoms with E-state index in [1.807, 2.05) is 18.2 Å². The molecular formula is C17H25NO. The largest absolute Gasteiger partial charge is 0.508 e. The van der Waals surface area contributed by atoms with Gasteiger partial charge < -0.3 is 5.11 Å². The summed E-state index contributed by atoms with van der Waals surface area (Å²) in [6, 6.07) is 8.92. The fourth-order valence-electron chi connectivity index (χ4n) is 4.16. The summed E-state index contributed by atoms with van der Waals surface area (Å²) in [5.74, 6) is 1.35. The van der Waals surface area contributed by atoms with Gasteiger partial charge in [0.1, 0.15) is 5.75 Å². The zero-order valence-corrected chi connectivity index (χ0v) is 11.9. The molecule has 2 aliphatic rings. The highest BCUT2D eigenvalue weighted by Crippen LogP contribution is 2.40. The Morgan fingerprint density at radius 2 is 1.84 bits per heavy atom. The number of piperidine rings is 1. The van der Waals surface area contributed by atoms with E-state index in [1.54, 1.807) is 0 Å². The molecule has 104 valence electrons. The highest BCUT2D eigenvalue weighted by atomic mass is 16.3. The summed E-state index contributed by atoms with van der Waals surface area (Å²) in [6.07, 6.45) is 8.29. The summed E-state index contributed by atoms with van der Waals surface area (Å²) in [4.78, 5) is 2.66. The van der Waals surface area contributed by atoms with Crippen molar-refractivity contribution in [3.05, 3.63) is 29.8 Å². The van der Waals surface area contributed by atoms with Gasteiger partial charge in [0.2, 0.25) is 0 Å². The summed E-state index contributed by atoms with van der Waals surface area (Å²) in [5.41, 5.74) is 1.09. The second-order valence-electron chi connectivity index (χ2n) is 6.23. The van der Waals surface area contributed by atoms with Gasteiger partial charge in [-0.3, -0.25) is 4.90 Å². The molecule has 2 fully saturated rings. The molecule has 0 bridgehead atoms. The van der Waals surface area contributed by atoms with E-state index in [2.05, 4.69) is 17.9 Å². The van der Waals surface area contributed by atoms with Crippen LogP contribution in [-0.4, -0.2) is 22.6 Å². The van der Waals surface area contributed by atoms with Gasteiger partial charge >= 0.3 is 0 Å². The van der Waals surface area contributed by atoms with Crippen molar-refractivity contribution in [3.8, 4) is 5.75 Å². The van der Waals surface area contributed by atoms with Crippen LogP contribution in [0.1, 0.15) is 57.1 Å². The minimum Gasteiger partial charge on any atom is -0.508 e. The summed E-state index contributed by atoms with van der Waals surface area (Å²) < 4.78 is 0. The second kappa shape index (κ2) is 5.54. The first-order chi connectivity index (χ1) is 9.27. The van der Waals surface area contributed by atoms with E-state index in [4.69, 9.17) is 0 Å². The third-order valence-corrected chi connectivity index (χ3v) is 5.17. The standard InChI is InChI=1S/C17H25NO/c1-13(15-9-3-5-11-17(15)19)18-12-6-8-14-7-2-4-10-16(14)18/h3,5,9,11,13-14,16,19H,2,4,6-8,10,12H2,1H3/t13?,14-,16-/m1/s1. The van der Waals surface area contributed by atoms with Gasteiger partial charge in [-0.05, 0) is 51.1 Å². The molecule has 0 aromatic heterocycles. The maximum Gasteiger partial charge on any atom is 0.120 e. The average molecular weight is 259 g/mol. The van der Waals surface area contributed by atoms with Crippen LogP contribution in [0.2, 0.25) is 0 Å². The van der Waals surface area contributed by atoms with Crippen molar-refractivity contribution in [3.63, 3.8) is 0 Å². The second-order valence-corrected chi connectivity index (χ2v) is 6.23. The van der Waals surface area contributed by atoms with Crippen LogP contribution in [0.15, 0.2) is 24.3 Å². The van der Waals surface area contributed by atoms with Gasteiger partial charge in [-0.1, -0.05) is 31.0 Å². The molecule has 0 radical (unpaired) electrons. The minimum atomic E-state index is 0.340. The third kappa shape index (κ3) is 2.51. The number of hydrogen-bond acceptors (Lipinski definition) is 2. The van der Waals surface area contributed by atoms with E-state index in [1.165, 1.54) is 45.1 Å². The first-order valence-corrected chi connectivity index (χ1v) is 7.81. The first kappa shape index (κ1) is 13.0. The first-order valence-electron chi connectivity index (χ1n) is 7.81. The Kier molecular flexibility index (Phi) is 3.79. The molecular weight excluding hydrogens is 234 g/mol. The van der Waals surface area contributed by atoms with E-state index < -0.39 is 0 Å². The van der Waals surface area contributed by atoms with E-state index in [9.17, 15) is 5.11 Å². The Bertz CT molecular complexity index is 429. The molecule has 2 heteroatoms. The third-order valence-electron chi connectivity index (χ3n) is 5.17. The van der Waals surface area contributed by atoms with Gasteiger partial charge in [-0.2, -0.15) is 0 Å². The molecule has 1 saturated heterocycles. The molecule has 1 saturated carbocycles. The van der Waals surface area contributed by atoms with Crippen molar-refractivity contribution >= 4 is 0 Å². The summed E-state index contributed by atoms with van der Waals surface area (Å²) in [5, 5.41) is 10.1. The molecule has 2 nitrogen and oxygen atoms in total. The van der Waals surface area contributed by atoms with Gasteiger partial charge in [-0.25, -0.2) is 0 Å². The Labute approximate surface area is 116 Å². The van der Waals surface area contributed by atoms with Crippen LogP contribution in [0.4, 0.5) is 0 Å². The van der Waals surface area contributed by atoms with E-state index in [0.29, 0.717) is 11.8 Å². The van der Waals surface area contributed by atoms with Crippen LogP contribution in [0.3, 0.4) is 0 Å². The Morgan fingerprint density at radius 1 is 1.11 bits per heavy atom. The van der Waals surface area contributed by atoms with Crippen LogP contribution in [-0.2, 0) is 0 Å². The highest BCUT2D eigenvalue weighted by Gasteiger charge is 2.36. The quantitative estimate of drug-likeness (QED) is 0.864. The molecule has 1 aromatic carbocycles. The maximum atomic E-state index is 10.1. The fourth-order valence-corrected chi connectivity index (χ4v) is 4.16. The fraction of sp³-hybridized carbons (Fsp3) is 0.647. The average Bonchev–Trinajstić information content (AvgIpc) is 2.46. The lowest BCUT2D eigenvalue weighted by Gasteiger charge is -2.47. The predicted octanol–water partition coefficient (Wildman–Crippen LogP) is 4.11. The molecule has 3 rings (SSSR count). The van der Waals surface area contributed by atoms with Crippen LogP contribution < -0.4 is 0 Å². The van der Waals surface area contributed by atoms with Gasteiger partial charge in [0.25, 0.3) is 0 Å². The zero-order chi connectivity index (χ0) is 13.2. The number of fused-ring (bicyclic) bond motifs is 1. The van der Waals surface area contributed by atoms with Crippen molar-refractivity contribution in [1.29, 1.82) is 0 Å². The minimum absolute atomic E-state index is 0.340. The number of phenols is 1. The van der Waals surface area contributed by atoms with Crippen LogP contribution in [0.25, 0.3) is 0 Å². The predicted molar refractivity (Wildman–Crippen MR) is 78.2 cm³/mol. The molecule has 1 heterocycles. The highest BCUT2D eigenvalue weighted by molar-refractivity contribution is 5.34. The molecule has 1 aromatic rings. The van der Waals surface area contributed by atoms with E-state index in [-0.39, 0.29) is 0 Å². The van der Waals surface area contributed by atoms with Crippen molar-refractivity contribution < 1.29 is 5.11 Å². The Hall–Kier alpha value is -1.02. The summed E-state index contributed by atoms with van der Waals surface area (Å²) in [6.45, 7) is 3.45. The number of para-hydroxylation sites is 1. The Morgan fingerprint density at radius 3 is 2.68 bits per heavy atom. The SMILES string of the molecule is CC(c1ccccc1O)N1CCC[C@H]2CCCC[C@H]21. The van der Waals surface area contributed by atoms with E-state index in [0.717, 1.165) is 17.5 Å². The zero-order valence-electron chi connectivity index (χ0n) is 11.9. The number of hydrogen-bond donors (Lipinski definition) is 1. The topological polar surface area (TPSA) is 23.5 Å². The number of rotatable bonds is 2. The van der Waals surface area contributed by atoms with Crippen molar-refractivity contribution in [2.75, 3.05) is 6.54 Å². The van der Waals surface area contributed by atoms with Crippen LogP contribution in [0.5, 0.6) is 5.75 Å². The van der Waals surface area contributed by atoms with Crippen molar-refractivity contribution in [2.45, 2.75) is 57.5 Å². The smallest absolute Gasteiger partial charge is 0.120 e. The molecule has 1 N–H and O–H groups in total. The van der Waals surface area contributed by atoms with Crippen LogP contribution >= 0.6 is 0 Å². The van der Waals surface area contributed by atoms with Gasteiger partial charge in [-0.15, -0.1) is 0 Å². The lowest BCUT2D eigenvalue weighted by molar-refractivity contribution is 0.0301. The number of aromatic hydroxyl groups is 1. The lowest BCUT2D eigenvalue weighted by atomic mass is 9.77. The van der Waals surface area contributed by atoms with Gasteiger partial charge in [0.15, 0.2) is 0 Å². The summed E-state index contributed by atoms with van der Waals surface area (Å²) in [7, 11) is 0. The number of nitrogens with zero attached hydrogens (tertiary/aromatic N) is 1. The molecule has 1 aliphatic carbocycles. The number of benzene rings is 1. The van der Waals surface area contributed by atoms with Crippen molar-refractivity contribution in [1.82, 2.24) is 4.90 Å². The summed E-state index contributed by atoms with van der Waals surface area (Å²) >= 11 is 0. The van der Waals surface area contributed by atoms with Gasteiger partial charge in [0.05, 0.1) is 0 Å². The molecule has 19 heavy (non-hydrogen) atoms. The Balaban J connectivity index is 1.82. The molecule has 0 amide bonds. The molecule has 1 unspecified atom stereocenters. The normalized spacial score (nSPS) is 29.7. The number of likely N-dealkylation sites (tertiary alicyclic amines) is 1. The molecule has 3 atom stereocenters. The lowest BCUT2D eigenvalue weighted by Crippen LogP contribution is -2.47. The molecule has 1 aliphatic heterocycles.